The molecule has 6 nitrogen and oxygen atoms in total. The number of amides is 1. The summed E-state index contributed by atoms with van der Waals surface area (Å²) in [6, 6.07) is 1.78. The Labute approximate surface area is 140 Å². The summed E-state index contributed by atoms with van der Waals surface area (Å²) in [5, 5.41) is 0.374. The molecule has 0 bridgehead atoms. The highest BCUT2D eigenvalue weighted by atomic mass is 32.2. The van der Waals surface area contributed by atoms with Crippen LogP contribution < -0.4 is 0 Å². The second-order valence-corrected chi connectivity index (χ2v) is 8.32. The minimum Gasteiger partial charge on any atom is -0.444 e. The van der Waals surface area contributed by atoms with Crippen molar-refractivity contribution >= 4 is 16.9 Å². The molecule has 0 saturated carbocycles. The van der Waals surface area contributed by atoms with Crippen molar-refractivity contribution in [1.29, 1.82) is 0 Å². The summed E-state index contributed by atoms with van der Waals surface area (Å²) in [5.41, 5.74) is 0.310. The van der Waals surface area contributed by atoms with Crippen molar-refractivity contribution < 1.29 is 13.7 Å². The maximum Gasteiger partial charge on any atom is 0.410 e. The number of nitrogens with zero attached hydrogens (tertiary/aromatic N) is 3. The maximum atomic E-state index is 12.4. The van der Waals surface area contributed by atoms with E-state index in [-0.39, 0.29) is 12.0 Å². The molecular weight excluding hydrogens is 314 g/mol. The molecule has 23 heavy (non-hydrogen) atoms. The van der Waals surface area contributed by atoms with Crippen LogP contribution in [0, 0.1) is 12.8 Å². The van der Waals surface area contributed by atoms with E-state index in [1.165, 1.54) is 0 Å². The van der Waals surface area contributed by atoms with Gasteiger partial charge in [-0.2, -0.15) is 0 Å². The van der Waals surface area contributed by atoms with Gasteiger partial charge in [-0.15, -0.1) is 0 Å². The molecule has 0 aliphatic carbocycles. The first-order valence-corrected chi connectivity index (χ1v) is 9.22. The van der Waals surface area contributed by atoms with Crippen LogP contribution in [0.15, 0.2) is 17.4 Å². The first-order valence-electron chi connectivity index (χ1n) is 7.90. The average molecular weight is 339 g/mol. The molecule has 1 saturated heterocycles. The Morgan fingerprint density at radius 1 is 1.48 bits per heavy atom. The Morgan fingerprint density at radius 2 is 2.22 bits per heavy atom. The first-order chi connectivity index (χ1) is 10.7. The molecule has 1 aliphatic rings. The smallest absolute Gasteiger partial charge is 0.410 e. The van der Waals surface area contributed by atoms with Gasteiger partial charge in [0.15, 0.2) is 0 Å². The Balaban J connectivity index is 1.93. The lowest BCUT2D eigenvalue weighted by Crippen LogP contribution is -2.44. The Bertz CT molecular complexity index is 586. The number of carbonyl (C=O) groups excluding carboxylic acids is 1. The largest absolute Gasteiger partial charge is 0.444 e. The normalized spacial score (nSPS) is 20.2. The van der Waals surface area contributed by atoms with E-state index < -0.39 is 16.4 Å². The third-order valence-electron chi connectivity index (χ3n) is 3.53. The number of piperidine rings is 1. The third kappa shape index (κ3) is 5.57. The molecule has 1 aliphatic heterocycles. The molecule has 1 amide bonds. The van der Waals surface area contributed by atoms with E-state index in [2.05, 4.69) is 9.97 Å². The van der Waals surface area contributed by atoms with Crippen molar-refractivity contribution in [2.75, 3.05) is 18.8 Å². The third-order valence-corrected chi connectivity index (χ3v) is 4.91. The molecule has 1 aromatic heterocycles. The fourth-order valence-electron chi connectivity index (χ4n) is 2.52. The molecule has 0 radical (unpaired) electrons. The van der Waals surface area contributed by atoms with Gasteiger partial charge < -0.3 is 9.64 Å². The molecule has 0 unspecified atom stereocenters. The number of hydrogen-bond acceptors (Lipinski definition) is 5. The van der Waals surface area contributed by atoms with E-state index in [1.54, 1.807) is 17.2 Å². The number of rotatable bonds is 3. The highest BCUT2D eigenvalue weighted by Crippen LogP contribution is 2.21. The molecule has 0 aromatic carbocycles. The Hall–Kier alpha value is -1.50. The molecular formula is C16H25N3O3S. The van der Waals surface area contributed by atoms with Gasteiger partial charge >= 0.3 is 6.09 Å². The van der Waals surface area contributed by atoms with E-state index in [4.69, 9.17) is 4.74 Å². The zero-order valence-electron chi connectivity index (χ0n) is 14.2. The van der Waals surface area contributed by atoms with E-state index in [0.29, 0.717) is 24.0 Å². The minimum absolute atomic E-state index is 0.182. The molecule has 2 heterocycles. The standard InChI is InChI=1S/C16H25N3O3S/c1-12-7-8-17-14(18-12)23(21)11-13-6-5-9-19(10-13)15(20)22-16(2,3)4/h7-8,13H,5-6,9-11H2,1-4H3/t13-,23-/m1/s1. The van der Waals surface area contributed by atoms with Crippen LogP contribution in [-0.4, -0.2) is 49.6 Å². The van der Waals surface area contributed by atoms with Gasteiger partial charge in [0.2, 0.25) is 5.16 Å². The Morgan fingerprint density at radius 3 is 2.87 bits per heavy atom. The lowest BCUT2D eigenvalue weighted by Gasteiger charge is -2.33. The van der Waals surface area contributed by atoms with Crippen LogP contribution in [0.25, 0.3) is 0 Å². The van der Waals surface area contributed by atoms with E-state index >= 15 is 0 Å². The number of aromatic nitrogens is 2. The van der Waals surface area contributed by atoms with Gasteiger partial charge in [0, 0.05) is 30.7 Å². The highest BCUT2D eigenvalue weighted by Gasteiger charge is 2.29. The number of ether oxygens (including phenoxy) is 1. The van der Waals surface area contributed by atoms with Crippen LogP contribution in [0.1, 0.15) is 39.3 Å². The van der Waals surface area contributed by atoms with Gasteiger partial charge in [0.05, 0.1) is 10.8 Å². The molecule has 2 atom stereocenters. The maximum absolute atomic E-state index is 12.4. The quantitative estimate of drug-likeness (QED) is 0.791. The summed E-state index contributed by atoms with van der Waals surface area (Å²) in [6.07, 6.45) is 3.19. The summed E-state index contributed by atoms with van der Waals surface area (Å²) in [5.74, 6) is 0.657. The van der Waals surface area contributed by atoms with Crippen LogP contribution >= 0.6 is 0 Å². The Kier molecular flexibility index (Phi) is 5.73. The van der Waals surface area contributed by atoms with Crippen LogP contribution in [0.5, 0.6) is 0 Å². The van der Waals surface area contributed by atoms with Crippen molar-refractivity contribution in [3.63, 3.8) is 0 Å². The molecule has 0 spiro atoms. The fraction of sp³-hybridized carbons (Fsp3) is 0.688. The molecule has 1 fully saturated rings. The molecule has 0 N–H and O–H groups in total. The van der Waals surface area contributed by atoms with Crippen LogP contribution in [0.2, 0.25) is 0 Å². The fourth-order valence-corrected chi connectivity index (χ4v) is 3.79. The van der Waals surface area contributed by atoms with Crippen molar-refractivity contribution in [3.05, 3.63) is 18.0 Å². The molecule has 128 valence electrons. The monoisotopic (exact) mass is 339 g/mol. The summed E-state index contributed by atoms with van der Waals surface area (Å²) in [7, 11) is -1.24. The lowest BCUT2D eigenvalue weighted by molar-refractivity contribution is 0.0176. The summed E-state index contributed by atoms with van der Waals surface area (Å²) >= 11 is 0. The van der Waals surface area contributed by atoms with Crippen molar-refractivity contribution in [2.24, 2.45) is 5.92 Å². The van der Waals surface area contributed by atoms with Crippen LogP contribution in [-0.2, 0) is 15.5 Å². The predicted octanol–water partition coefficient (Wildman–Crippen LogP) is 2.54. The topological polar surface area (TPSA) is 72.4 Å². The van der Waals surface area contributed by atoms with Crippen LogP contribution in [0.4, 0.5) is 4.79 Å². The number of likely N-dealkylation sites (tertiary alicyclic amines) is 1. The van der Waals surface area contributed by atoms with Gasteiger partial charge in [-0.3, -0.25) is 4.21 Å². The van der Waals surface area contributed by atoms with Gasteiger partial charge in [0.25, 0.3) is 0 Å². The van der Waals surface area contributed by atoms with Gasteiger partial charge in [-0.1, -0.05) is 0 Å². The first kappa shape index (κ1) is 17.8. The highest BCUT2D eigenvalue weighted by molar-refractivity contribution is 7.84. The van der Waals surface area contributed by atoms with Gasteiger partial charge in [0.1, 0.15) is 5.60 Å². The van der Waals surface area contributed by atoms with Crippen molar-refractivity contribution in [3.8, 4) is 0 Å². The van der Waals surface area contributed by atoms with E-state index in [1.807, 2.05) is 27.7 Å². The predicted molar refractivity (Wildman–Crippen MR) is 88.6 cm³/mol. The summed E-state index contributed by atoms with van der Waals surface area (Å²) < 4.78 is 17.8. The van der Waals surface area contributed by atoms with E-state index in [9.17, 15) is 9.00 Å². The molecule has 1 aromatic rings. The van der Waals surface area contributed by atoms with Gasteiger partial charge in [-0.25, -0.2) is 14.8 Å². The van der Waals surface area contributed by atoms with Gasteiger partial charge in [-0.05, 0) is 52.5 Å². The second kappa shape index (κ2) is 7.38. The zero-order chi connectivity index (χ0) is 17.0. The number of carbonyl (C=O) groups is 1. The van der Waals surface area contributed by atoms with Crippen LogP contribution in [0.3, 0.4) is 0 Å². The van der Waals surface area contributed by atoms with Crippen molar-refractivity contribution in [1.82, 2.24) is 14.9 Å². The number of hydrogen-bond donors (Lipinski definition) is 0. The van der Waals surface area contributed by atoms with E-state index in [0.717, 1.165) is 18.5 Å². The second-order valence-electron chi connectivity index (χ2n) is 6.93. The average Bonchev–Trinajstić information content (AvgIpc) is 2.45. The lowest BCUT2D eigenvalue weighted by atomic mass is 10.0. The summed E-state index contributed by atoms with van der Waals surface area (Å²) in [6.45, 7) is 8.70. The molecule has 2 rings (SSSR count). The van der Waals surface area contributed by atoms with Crippen molar-refractivity contribution in [2.45, 2.75) is 51.3 Å². The molecule has 7 heteroatoms. The zero-order valence-corrected chi connectivity index (χ0v) is 15.1. The minimum atomic E-state index is -1.24. The SMILES string of the molecule is Cc1ccnc([S@](=O)C[C@@H]2CCCN(C(=O)OC(C)(C)C)C2)n1. The number of aryl methyl sites for hydroxylation is 1. The summed E-state index contributed by atoms with van der Waals surface area (Å²) in [4.78, 5) is 22.2.